The van der Waals surface area contributed by atoms with E-state index in [0.29, 0.717) is 0 Å². The van der Waals surface area contributed by atoms with Gasteiger partial charge in [-0.3, -0.25) is 4.74 Å². The maximum Gasteiger partial charge on any atom is 0.462 e. The second kappa shape index (κ2) is 7.02. The van der Waals surface area contributed by atoms with Crippen LogP contribution in [0.25, 0.3) is 0 Å². The summed E-state index contributed by atoms with van der Waals surface area (Å²) in [6.07, 6.45) is -23.1. The van der Waals surface area contributed by atoms with Crippen LogP contribution in [0.5, 0.6) is 0 Å². The molecule has 0 N–H and O–H groups in total. The number of halogens is 11. The van der Waals surface area contributed by atoms with E-state index in [9.17, 15) is 43.9 Å². The Morgan fingerprint density at radius 1 is 0.905 bits per heavy atom. The van der Waals surface area contributed by atoms with Gasteiger partial charge in [0, 0.05) is 4.43 Å². The minimum absolute atomic E-state index is 0.0715. The van der Waals surface area contributed by atoms with Crippen LogP contribution in [0.3, 0.4) is 0 Å². The van der Waals surface area contributed by atoms with Crippen LogP contribution in [0.15, 0.2) is 0 Å². The topological polar surface area (TPSA) is 18.5 Å². The highest BCUT2D eigenvalue weighted by Gasteiger charge is 2.76. The molecule has 0 fully saturated rings. The first kappa shape index (κ1) is 20.9. The molecule has 1 unspecified atom stereocenters. The van der Waals surface area contributed by atoms with E-state index in [0.717, 1.165) is 0 Å². The molecule has 128 valence electrons. The van der Waals surface area contributed by atoms with Crippen LogP contribution in [-0.2, 0) is 9.47 Å². The zero-order chi connectivity index (χ0) is 17.1. The third kappa shape index (κ3) is 5.26. The van der Waals surface area contributed by atoms with Crippen LogP contribution in [-0.4, -0.2) is 41.7 Å². The molecule has 0 aliphatic rings. The van der Waals surface area contributed by atoms with Gasteiger partial charge in [0.25, 0.3) is 6.36 Å². The van der Waals surface area contributed by atoms with Gasteiger partial charge in [-0.05, 0) is 6.42 Å². The van der Waals surface area contributed by atoms with E-state index >= 15 is 0 Å². The monoisotopic (exact) mass is 452 g/mol. The van der Waals surface area contributed by atoms with Crippen LogP contribution in [0.2, 0.25) is 0 Å². The molecule has 0 aliphatic carbocycles. The number of ether oxygens (including phenoxy) is 2. The molecule has 0 rings (SSSR count). The van der Waals surface area contributed by atoms with Crippen molar-refractivity contribution < 1.29 is 53.4 Å². The lowest BCUT2D eigenvalue weighted by Gasteiger charge is -2.30. The third-order valence-corrected chi connectivity index (χ3v) is 2.57. The van der Waals surface area contributed by atoms with Crippen molar-refractivity contribution in [2.45, 2.75) is 37.1 Å². The van der Waals surface area contributed by atoms with Crippen molar-refractivity contribution in [2.75, 3.05) is 11.0 Å². The average molecular weight is 452 g/mol. The zero-order valence-electron chi connectivity index (χ0n) is 9.67. The molecule has 0 saturated carbocycles. The molecule has 0 heterocycles. The number of alkyl halides is 11. The highest BCUT2D eigenvalue weighted by Crippen LogP contribution is 2.48. The van der Waals surface area contributed by atoms with Crippen molar-refractivity contribution in [3.8, 4) is 0 Å². The minimum Gasteiger partial charge on any atom is -0.316 e. The Labute approximate surface area is 124 Å². The van der Waals surface area contributed by atoms with Crippen molar-refractivity contribution >= 4 is 22.6 Å². The molecule has 0 amide bonds. The van der Waals surface area contributed by atoms with Gasteiger partial charge < -0.3 is 4.74 Å². The van der Waals surface area contributed by atoms with Crippen molar-refractivity contribution in [2.24, 2.45) is 0 Å². The smallest absolute Gasteiger partial charge is 0.316 e. The van der Waals surface area contributed by atoms with Crippen LogP contribution < -0.4 is 0 Å². The largest absolute Gasteiger partial charge is 0.462 e. The summed E-state index contributed by atoms with van der Waals surface area (Å²) in [7, 11) is 0. The predicted molar refractivity (Wildman–Crippen MR) is 56.3 cm³/mol. The van der Waals surface area contributed by atoms with Gasteiger partial charge in [-0.2, -0.15) is 39.5 Å². The van der Waals surface area contributed by atoms with Gasteiger partial charge in [0.2, 0.25) is 0 Å². The van der Waals surface area contributed by atoms with E-state index < -0.39 is 37.3 Å². The Balaban J connectivity index is 4.93. The molecule has 21 heavy (non-hydrogen) atoms. The van der Waals surface area contributed by atoms with Crippen LogP contribution >= 0.6 is 22.6 Å². The Morgan fingerprint density at radius 3 is 1.76 bits per heavy atom. The van der Waals surface area contributed by atoms with Gasteiger partial charge in [0.15, 0.2) is 0 Å². The van der Waals surface area contributed by atoms with E-state index in [2.05, 4.69) is 9.47 Å². The molecule has 0 spiro atoms. The Bertz CT molecular complexity index is 332. The summed E-state index contributed by atoms with van der Waals surface area (Å²) in [6.45, 7) is -0.846. The second-order valence-electron chi connectivity index (χ2n) is 3.48. The second-order valence-corrected chi connectivity index (χ2v) is 4.55. The standard InChI is InChI=1S/C8H7F10IO2/c9-4(5(10,11)20-3-1-2-19)21-8(17,18)6(12,13)7(14,15)16/h4H,1-3H2. The van der Waals surface area contributed by atoms with Crippen molar-refractivity contribution in [3.05, 3.63) is 0 Å². The van der Waals surface area contributed by atoms with E-state index in [1.54, 1.807) is 22.6 Å². The molecule has 0 radical (unpaired) electrons. The molecule has 0 saturated heterocycles. The minimum atomic E-state index is -6.86. The quantitative estimate of drug-likeness (QED) is 0.234. The third-order valence-electron chi connectivity index (χ3n) is 1.81. The first-order valence-corrected chi connectivity index (χ1v) is 6.43. The lowest BCUT2D eigenvalue weighted by atomic mass is 10.3. The van der Waals surface area contributed by atoms with E-state index in [1.165, 1.54) is 0 Å². The van der Waals surface area contributed by atoms with Crippen LogP contribution in [0.1, 0.15) is 6.42 Å². The summed E-state index contributed by atoms with van der Waals surface area (Å²) >= 11 is 1.70. The zero-order valence-corrected chi connectivity index (χ0v) is 11.8. The van der Waals surface area contributed by atoms with Crippen LogP contribution in [0.4, 0.5) is 43.9 Å². The molecule has 0 aliphatic heterocycles. The molecular formula is C8H7F10IO2. The first-order chi connectivity index (χ1) is 9.19. The molecular weight excluding hydrogens is 445 g/mol. The molecule has 0 aromatic heterocycles. The summed E-state index contributed by atoms with van der Waals surface area (Å²) < 4.78 is 129. The lowest BCUT2D eigenvalue weighted by molar-refractivity contribution is -0.465. The van der Waals surface area contributed by atoms with Gasteiger partial charge in [-0.15, -0.1) is 0 Å². The summed E-state index contributed by atoms with van der Waals surface area (Å²) in [5.74, 6) is -6.86. The predicted octanol–water partition coefficient (Wildman–Crippen LogP) is 4.52. The highest BCUT2D eigenvalue weighted by molar-refractivity contribution is 14.1. The maximum atomic E-state index is 12.8. The van der Waals surface area contributed by atoms with E-state index in [4.69, 9.17) is 0 Å². The number of rotatable bonds is 8. The number of hydrogen-bond donors (Lipinski definition) is 0. The van der Waals surface area contributed by atoms with Crippen LogP contribution in [0, 0.1) is 0 Å². The fourth-order valence-corrected chi connectivity index (χ4v) is 1.08. The molecule has 0 aromatic rings. The van der Waals surface area contributed by atoms with E-state index in [-0.39, 0.29) is 10.8 Å². The normalized spacial score (nSPS) is 16.1. The van der Waals surface area contributed by atoms with Crippen molar-refractivity contribution in [3.63, 3.8) is 0 Å². The Hall–Kier alpha value is -0.0500. The first-order valence-electron chi connectivity index (χ1n) is 4.91. The van der Waals surface area contributed by atoms with Gasteiger partial charge in [0.1, 0.15) is 0 Å². The molecule has 0 bridgehead atoms. The summed E-state index contributed by atoms with van der Waals surface area (Å²) in [6, 6.07) is 0. The molecule has 1 atom stereocenters. The Kier molecular flexibility index (Phi) is 7.00. The summed E-state index contributed by atoms with van der Waals surface area (Å²) in [4.78, 5) is 0. The fraction of sp³-hybridized carbons (Fsp3) is 1.00. The van der Waals surface area contributed by atoms with Crippen molar-refractivity contribution in [1.29, 1.82) is 0 Å². The van der Waals surface area contributed by atoms with Gasteiger partial charge >= 0.3 is 24.3 Å². The van der Waals surface area contributed by atoms with Crippen molar-refractivity contribution in [1.82, 2.24) is 0 Å². The fourth-order valence-electron chi connectivity index (χ4n) is 0.766. The van der Waals surface area contributed by atoms with Gasteiger partial charge in [-0.1, -0.05) is 22.6 Å². The SMILES string of the molecule is FC(OC(F)(F)C(F)(F)C(F)(F)F)C(F)(F)OCCCI. The average Bonchev–Trinajstić information content (AvgIpc) is 2.26. The molecule has 13 heteroatoms. The van der Waals surface area contributed by atoms with Gasteiger partial charge in [-0.25, -0.2) is 4.39 Å². The summed E-state index contributed by atoms with van der Waals surface area (Å²) in [5.41, 5.74) is 0. The number of hydrogen-bond acceptors (Lipinski definition) is 2. The maximum absolute atomic E-state index is 12.8. The summed E-state index contributed by atoms with van der Waals surface area (Å²) in [5, 5.41) is 0. The molecule has 0 aromatic carbocycles. The molecule has 2 nitrogen and oxygen atoms in total. The Morgan fingerprint density at radius 2 is 1.38 bits per heavy atom. The van der Waals surface area contributed by atoms with Gasteiger partial charge in [0.05, 0.1) is 6.61 Å². The highest BCUT2D eigenvalue weighted by atomic mass is 127. The van der Waals surface area contributed by atoms with E-state index in [1.807, 2.05) is 0 Å². The lowest BCUT2D eigenvalue weighted by Crippen LogP contribution is -2.56.